The molecule has 0 radical (unpaired) electrons. The summed E-state index contributed by atoms with van der Waals surface area (Å²) in [6, 6.07) is 6.84. The van der Waals surface area contributed by atoms with Gasteiger partial charge in [0.05, 0.1) is 0 Å². The first kappa shape index (κ1) is 13.8. The number of hydrogen-bond acceptors (Lipinski definition) is 2. The molecular formula is C18H22N2O2. The molecule has 116 valence electrons. The molecule has 4 aliphatic rings. The van der Waals surface area contributed by atoms with Gasteiger partial charge in [-0.1, -0.05) is 0 Å². The number of amides is 2. The number of rotatable bonds is 3. The number of carbonyl (C=O) groups excluding carboxylic acids is 2. The van der Waals surface area contributed by atoms with Gasteiger partial charge in [-0.25, -0.2) is 0 Å². The third-order valence-electron chi connectivity index (χ3n) is 5.97. The first-order valence-electron chi connectivity index (χ1n) is 8.31. The first-order chi connectivity index (χ1) is 10.6. The van der Waals surface area contributed by atoms with Gasteiger partial charge < -0.3 is 11.1 Å². The molecule has 2 amide bonds. The van der Waals surface area contributed by atoms with Gasteiger partial charge in [0.15, 0.2) is 0 Å². The Morgan fingerprint density at radius 2 is 1.45 bits per heavy atom. The quantitative estimate of drug-likeness (QED) is 0.900. The Kier molecular flexibility index (Phi) is 3.21. The lowest BCUT2D eigenvalue weighted by Crippen LogP contribution is -2.49. The molecule has 4 aliphatic carbocycles. The molecule has 1 aromatic rings. The van der Waals surface area contributed by atoms with Crippen LogP contribution in [0.1, 0.15) is 42.5 Å². The van der Waals surface area contributed by atoms with Gasteiger partial charge in [-0.3, -0.25) is 9.59 Å². The second kappa shape index (κ2) is 5.11. The maximum absolute atomic E-state index is 12.7. The second-order valence-electron chi connectivity index (χ2n) is 7.39. The van der Waals surface area contributed by atoms with Gasteiger partial charge in [0.1, 0.15) is 0 Å². The fraction of sp³-hybridized carbons (Fsp3) is 0.556. The van der Waals surface area contributed by atoms with E-state index < -0.39 is 5.91 Å². The van der Waals surface area contributed by atoms with E-state index in [1.807, 2.05) is 0 Å². The van der Waals surface area contributed by atoms with Crippen molar-refractivity contribution in [1.29, 1.82) is 0 Å². The van der Waals surface area contributed by atoms with Crippen molar-refractivity contribution in [3.63, 3.8) is 0 Å². The average Bonchev–Trinajstić information content (AvgIpc) is 2.46. The molecule has 0 spiro atoms. The van der Waals surface area contributed by atoms with Crippen molar-refractivity contribution in [2.75, 3.05) is 5.32 Å². The van der Waals surface area contributed by atoms with E-state index in [4.69, 9.17) is 5.73 Å². The minimum atomic E-state index is -0.445. The van der Waals surface area contributed by atoms with Gasteiger partial charge in [0, 0.05) is 17.2 Å². The molecule has 0 aromatic heterocycles. The summed E-state index contributed by atoms with van der Waals surface area (Å²) < 4.78 is 0. The van der Waals surface area contributed by atoms with Gasteiger partial charge in [-0.05, 0) is 80.0 Å². The number of hydrogen-bond donors (Lipinski definition) is 2. The number of nitrogens with one attached hydrogen (secondary N) is 1. The predicted octanol–water partition coefficient (Wildman–Crippen LogP) is 2.80. The molecular weight excluding hydrogens is 276 g/mol. The summed E-state index contributed by atoms with van der Waals surface area (Å²) in [5.41, 5.74) is 6.45. The van der Waals surface area contributed by atoms with E-state index >= 15 is 0 Å². The van der Waals surface area contributed by atoms with Crippen molar-refractivity contribution in [3.8, 4) is 0 Å². The molecule has 4 saturated carbocycles. The Bertz CT molecular complexity index is 580. The number of nitrogens with two attached hydrogens (primary N) is 1. The van der Waals surface area contributed by atoms with Crippen molar-refractivity contribution in [3.05, 3.63) is 29.8 Å². The van der Waals surface area contributed by atoms with Crippen LogP contribution in [-0.2, 0) is 4.79 Å². The number of primary amides is 1. The first-order valence-corrected chi connectivity index (χ1v) is 8.31. The number of anilines is 1. The van der Waals surface area contributed by atoms with E-state index in [1.165, 1.54) is 32.1 Å². The smallest absolute Gasteiger partial charge is 0.248 e. The van der Waals surface area contributed by atoms with E-state index in [9.17, 15) is 9.59 Å². The molecule has 4 bridgehead atoms. The van der Waals surface area contributed by atoms with Crippen LogP contribution in [0.15, 0.2) is 24.3 Å². The third-order valence-corrected chi connectivity index (χ3v) is 5.97. The minimum absolute atomic E-state index is 0.167. The van der Waals surface area contributed by atoms with Crippen molar-refractivity contribution in [2.45, 2.75) is 32.1 Å². The molecule has 3 N–H and O–H groups in total. The van der Waals surface area contributed by atoms with Crippen LogP contribution in [-0.4, -0.2) is 11.8 Å². The largest absolute Gasteiger partial charge is 0.366 e. The summed E-state index contributed by atoms with van der Waals surface area (Å²) in [6.07, 6.45) is 6.37. The maximum atomic E-state index is 12.7. The molecule has 0 saturated heterocycles. The highest BCUT2D eigenvalue weighted by Gasteiger charge is 2.50. The molecule has 4 heteroatoms. The van der Waals surface area contributed by atoms with Gasteiger partial charge in [0.25, 0.3) is 0 Å². The highest BCUT2D eigenvalue weighted by Crippen LogP contribution is 2.56. The number of benzene rings is 1. The third kappa shape index (κ3) is 2.31. The van der Waals surface area contributed by atoms with E-state index in [-0.39, 0.29) is 11.8 Å². The lowest BCUT2D eigenvalue weighted by Gasteiger charge is -2.53. The zero-order chi connectivity index (χ0) is 15.3. The van der Waals surface area contributed by atoms with Crippen molar-refractivity contribution in [2.24, 2.45) is 35.3 Å². The molecule has 22 heavy (non-hydrogen) atoms. The van der Waals surface area contributed by atoms with Crippen LogP contribution in [0, 0.1) is 29.6 Å². The highest BCUT2D eigenvalue weighted by atomic mass is 16.2. The van der Waals surface area contributed by atoms with Gasteiger partial charge in [0.2, 0.25) is 11.8 Å². The Morgan fingerprint density at radius 3 is 1.95 bits per heavy atom. The minimum Gasteiger partial charge on any atom is -0.366 e. The van der Waals surface area contributed by atoms with Gasteiger partial charge in [-0.2, -0.15) is 0 Å². The fourth-order valence-corrected chi connectivity index (χ4v) is 5.30. The van der Waals surface area contributed by atoms with Crippen molar-refractivity contribution < 1.29 is 9.59 Å². The molecule has 0 aliphatic heterocycles. The van der Waals surface area contributed by atoms with Crippen molar-refractivity contribution in [1.82, 2.24) is 0 Å². The summed E-state index contributed by atoms with van der Waals surface area (Å²) in [5, 5.41) is 3.04. The summed E-state index contributed by atoms with van der Waals surface area (Å²) in [4.78, 5) is 23.8. The topological polar surface area (TPSA) is 72.2 Å². The maximum Gasteiger partial charge on any atom is 0.248 e. The average molecular weight is 298 g/mol. The van der Waals surface area contributed by atoms with Crippen LogP contribution in [0.25, 0.3) is 0 Å². The van der Waals surface area contributed by atoms with Crippen molar-refractivity contribution >= 4 is 17.5 Å². The summed E-state index contributed by atoms with van der Waals surface area (Å²) in [6.45, 7) is 0. The van der Waals surface area contributed by atoms with E-state index in [1.54, 1.807) is 24.3 Å². The molecule has 0 atom stereocenters. The zero-order valence-electron chi connectivity index (χ0n) is 12.6. The van der Waals surface area contributed by atoms with E-state index in [2.05, 4.69) is 5.32 Å². The van der Waals surface area contributed by atoms with Crippen LogP contribution in [0.5, 0.6) is 0 Å². The predicted molar refractivity (Wildman–Crippen MR) is 84.1 cm³/mol. The van der Waals surface area contributed by atoms with Crippen LogP contribution in [0.2, 0.25) is 0 Å². The Labute approximate surface area is 130 Å². The Balaban J connectivity index is 1.47. The monoisotopic (exact) mass is 298 g/mol. The molecule has 1 aromatic carbocycles. The molecule has 4 fully saturated rings. The summed E-state index contributed by atoms with van der Waals surface area (Å²) in [5.74, 6) is 2.83. The normalized spacial score (nSPS) is 35.4. The molecule has 5 rings (SSSR count). The lowest BCUT2D eigenvalue weighted by atomic mass is 9.51. The molecule has 0 unspecified atom stereocenters. The van der Waals surface area contributed by atoms with Crippen LogP contribution >= 0.6 is 0 Å². The second-order valence-corrected chi connectivity index (χ2v) is 7.39. The fourth-order valence-electron chi connectivity index (χ4n) is 5.30. The molecule has 0 heterocycles. The SMILES string of the molecule is NC(=O)c1ccc(NC(=O)C2C3CC4CC(C3)CC2C4)cc1. The lowest BCUT2D eigenvalue weighted by molar-refractivity contribution is -0.132. The Hall–Kier alpha value is -1.84. The van der Waals surface area contributed by atoms with Crippen LogP contribution < -0.4 is 11.1 Å². The summed E-state index contributed by atoms with van der Waals surface area (Å²) in [7, 11) is 0. The van der Waals surface area contributed by atoms with Crippen LogP contribution in [0.3, 0.4) is 0 Å². The standard InChI is InChI=1S/C18H22N2O2/c19-17(21)12-1-3-15(4-2-12)20-18(22)16-13-6-10-5-11(8-13)9-14(16)7-10/h1-4,10-11,13-14,16H,5-9H2,(H2,19,21)(H,20,22). The number of carbonyl (C=O) groups is 2. The Morgan fingerprint density at radius 1 is 0.909 bits per heavy atom. The zero-order valence-corrected chi connectivity index (χ0v) is 12.6. The summed E-state index contributed by atoms with van der Waals surface area (Å²) >= 11 is 0. The highest BCUT2D eigenvalue weighted by molar-refractivity contribution is 5.95. The van der Waals surface area contributed by atoms with Gasteiger partial charge >= 0.3 is 0 Å². The van der Waals surface area contributed by atoms with E-state index in [0.29, 0.717) is 17.4 Å². The van der Waals surface area contributed by atoms with Crippen LogP contribution in [0.4, 0.5) is 5.69 Å². The van der Waals surface area contributed by atoms with Gasteiger partial charge in [-0.15, -0.1) is 0 Å². The molecule has 4 nitrogen and oxygen atoms in total. The van der Waals surface area contributed by atoms with E-state index in [0.717, 1.165) is 17.5 Å².